The zero-order valence-electron chi connectivity index (χ0n) is 15.7. The van der Waals surface area contributed by atoms with Crippen LogP contribution in [0.4, 0.5) is 17.2 Å². The Morgan fingerprint density at radius 1 is 1.33 bits per heavy atom. The van der Waals surface area contributed by atoms with Gasteiger partial charge < -0.3 is 15.2 Å². The molecule has 0 aliphatic carbocycles. The van der Waals surface area contributed by atoms with E-state index in [2.05, 4.69) is 20.3 Å². The number of nitro groups is 1. The average Bonchev–Trinajstić information content (AvgIpc) is 2.75. The SMILES string of the molecule is O=C(Nc1ccc(Cl)cn1)C1CCCN(c2cc3nc[nH]c(=O)c3cc2[N+](=O)[O-])C1. The molecule has 10 nitrogen and oxygen atoms in total. The van der Waals surface area contributed by atoms with Gasteiger partial charge in [-0.3, -0.25) is 19.7 Å². The molecule has 0 radical (unpaired) electrons. The van der Waals surface area contributed by atoms with Crippen LogP contribution in [0.3, 0.4) is 0 Å². The number of H-pyrrole nitrogens is 1. The van der Waals surface area contributed by atoms with Crippen molar-refractivity contribution in [3.63, 3.8) is 0 Å². The van der Waals surface area contributed by atoms with E-state index in [-0.39, 0.29) is 22.9 Å². The summed E-state index contributed by atoms with van der Waals surface area (Å²) in [4.78, 5) is 48.2. The van der Waals surface area contributed by atoms with E-state index >= 15 is 0 Å². The van der Waals surface area contributed by atoms with Gasteiger partial charge in [0.05, 0.1) is 33.1 Å². The Morgan fingerprint density at radius 3 is 2.90 bits per heavy atom. The van der Waals surface area contributed by atoms with E-state index in [0.717, 1.165) is 0 Å². The van der Waals surface area contributed by atoms with Crippen LogP contribution in [-0.2, 0) is 4.79 Å². The number of hydrogen-bond acceptors (Lipinski definition) is 7. The lowest BCUT2D eigenvalue weighted by Crippen LogP contribution is -2.41. The highest BCUT2D eigenvalue weighted by Crippen LogP contribution is 2.34. The first-order valence-electron chi connectivity index (χ1n) is 9.25. The Bertz CT molecular complexity index is 1180. The number of carbonyl (C=O) groups excluding carboxylic acids is 1. The van der Waals surface area contributed by atoms with E-state index in [4.69, 9.17) is 11.6 Å². The van der Waals surface area contributed by atoms with Crippen molar-refractivity contribution in [3.8, 4) is 0 Å². The summed E-state index contributed by atoms with van der Waals surface area (Å²) in [5.74, 6) is -0.201. The van der Waals surface area contributed by atoms with E-state index in [1.807, 2.05) is 0 Å². The van der Waals surface area contributed by atoms with Crippen molar-refractivity contribution in [2.45, 2.75) is 12.8 Å². The van der Waals surface area contributed by atoms with Crippen molar-refractivity contribution < 1.29 is 9.72 Å². The number of aromatic amines is 1. The molecule has 1 unspecified atom stereocenters. The first-order valence-corrected chi connectivity index (χ1v) is 9.63. The van der Waals surface area contributed by atoms with E-state index in [0.29, 0.717) is 48.0 Å². The summed E-state index contributed by atoms with van der Waals surface area (Å²) >= 11 is 5.81. The van der Waals surface area contributed by atoms with Gasteiger partial charge in [0.2, 0.25) is 5.91 Å². The lowest BCUT2D eigenvalue weighted by molar-refractivity contribution is -0.384. The highest BCUT2D eigenvalue weighted by Gasteiger charge is 2.30. The number of amides is 1. The third kappa shape index (κ3) is 3.94. The van der Waals surface area contributed by atoms with E-state index in [9.17, 15) is 19.7 Å². The zero-order chi connectivity index (χ0) is 21.3. The Kier molecular flexibility index (Phi) is 5.32. The summed E-state index contributed by atoms with van der Waals surface area (Å²) < 4.78 is 0. The number of piperidine rings is 1. The molecule has 3 aromatic rings. The van der Waals surface area contributed by atoms with Gasteiger partial charge in [-0.2, -0.15) is 0 Å². The van der Waals surface area contributed by atoms with Crippen LogP contribution >= 0.6 is 11.6 Å². The van der Waals surface area contributed by atoms with Crippen LogP contribution < -0.4 is 15.8 Å². The zero-order valence-corrected chi connectivity index (χ0v) is 16.4. The van der Waals surface area contributed by atoms with Gasteiger partial charge in [0.25, 0.3) is 11.2 Å². The number of pyridine rings is 1. The number of hydrogen-bond donors (Lipinski definition) is 2. The van der Waals surface area contributed by atoms with Gasteiger partial charge in [-0.1, -0.05) is 11.6 Å². The lowest BCUT2D eigenvalue weighted by atomic mass is 9.96. The average molecular weight is 429 g/mol. The molecule has 0 spiro atoms. The molecule has 2 aromatic heterocycles. The van der Waals surface area contributed by atoms with Gasteiger partial charge in [-0.25, -0.2) is 9.97 Å². The summed E-state index contributed by atoms with van der Waals surface area (Å²) in [6.45, 7) is 0.855. The first kappa shape index (κ1) is 19.8. The Morgan fingerprint density at radius 2 is 2.17 bits per heavy atom. The molecule has 1 atom stereocenters. The molecule has 1 amide bonds. The number of nitro benzene ring substituents is 1. The summed E-state index contributed by atoms with van der Waals surface area (Å²) in [7, 11) is 0. The second-order valence-corrected chi connectivity index (χ2v) is 7.42. The van der Waals surface area contributed by atoms with Crippen molar-refractivity contribution in [2.24, 2.45) is 5.92 Å². The van der Waals surface area contributed by atoms with Crippen molar-refractivity contribution >= 4 is 45.6 Å². The first-order chi connectivity index (χ1) is 14.4. The van der Waals surface area contributed by atoms with E-state index in [1.54, 1.807) is 17.0 Å². The summed E-state index contributed by atoms with van der Waals surface area (Å²) in [6.07, 6.45) is 4.03. The van der Waals surface area contributed by atoms with Crippen LogP contribution in [0.5, 0.6) is 0 Å². The number of carbonyl (C=O) groups is 1. The van der Waals surface area contributed by atoms with Crippen LogP contribution in [0.1, 0.15) is 12.8 Å². The molecule has 1 saturated heterocycles. The highest BCUT2D eigenvalue weighted by molar-refractivity contribution is 6.30. The quantitative estimate of drug-likeness (QED) is 0.481. The molecule has 1 aromatic carbocycles. The van der Waals surface area contributed by atoms with Gasteiger partial charge in [0, 0.05) is 25.4 Å². The molecule has 154 valence electrons. The van der Waals surface area contributed by atoms with Crippen LogP contribution in [0.2, 0.25) is 5.02 Å². The molecule has 4 rings (SSSR count). The van der Waals surface area contributed by atoms with Crippen molar-refractivity contribution in [2.75, 3.05) is 23.3 Å². The second kappa shape index (κ2) is 8.07. The summed E-state index contributed by atoms with van der Waals surface area (Å²) in [5, 5.41) is 15.0. The minimum Gasteiger partial charge on any atom is -0.365 e. The van der Waals surface area contributed by atoms with Crippen molar-refractivity contribution in [1.29, 1.82) is 0 Å². The molecule has 0 saturated carbocycles. The van der Waals surface area contributed by atoms with Gasteiger partial charge in [-0.15, -0.1) is 0 Å². The highest BCUT2D eigenvalue weighted by atomic mass is 35.5. The molecular weight excluding hydrogens is 412 g/mol. The molecule has 0 bridgehead atoms. The fraction of sp³-hybridized carbons (Fsp3) is 0.263. The topological polar surface area (TPSA) is 134 Å². The fourth-order valence-corrected chi connectivity index (χ4v) is 3.69. The molecule has 11 heteroatoms. The molecular formula is C19H17ClN6O4. The third-order valence-corrected chi connectivity index (χ3v) is 5.27. The number of halogens is 1. The minimum absolute atomic E-state index is 0.146. The van der Waals surface area contributed by atoms with Gasteiger partial charge in [0.1, 0.15) is 11.5 Å². The van der Waals surface area contributed by atoms with Gasteiger partial charge >= 0.3 is 0 Å². The number of nitrogens with zero attached hydrogens (tertiary/aromatic N) is 4. The molecule has 2 N–H and O–H groups in total. The molecule has 30 heavy (non-hydrogen) atoms. The summed E-state index contributed by atoms with van der Waals surface area (Å²) in [5.41, 5.74) is 0.0615. The summed E-state index contributed by atoms with van der Waals surface area (Å²) in [6, 6.07) is 6.00. The monoisotopic (exact) mass is 428 g/mol. The minimum atomic E-state index is -0.525. The second-order valence-electron chi connectivity index (χ2n) is 6.98. The molecule has 3 heterocycles. The Labute approximate surface area is 175 Å². The largest absolute Gasteiger partial charge is 0.365 e. The fourth-order valence-electron chi connectivity index (χ4n) is 3.58. The molecule has 1 fully saturated rings. The van der Waals surface area contributed by atoms with Crippen LogP contribution in [0, 0.1) is 16.0 Å². The normalized spacial score (nSPS) is 16.4. The van der Waals surface area contributed by atoms with Crippen LogP contribution in [0.25, 0.3) is 10.9 Å². The maximum Gasteiger partial charge on any atom is 0.293 e. The Balaban J connectivity index is 1.61. The van der Waals surface area contributed by atoms with Crippen molar-refractivity contribution in [1.82, 2.24) is 15.0 Å². The van der Waals surface area contributed by atoms with Crippen molar-refractivity contribution in [3.05, 3.63) is 62.3 Å². The number of fused-ring (bicyclic) bond motifs is 1. The van der Waals surface area contributed by atoms with Gasteiger partial charge in [0.15, 0.2) is 0 Å². The number of rotatable bonds is 4. The third-order valence-electron chi connectivity index (χ3n) is 5.05. The predicted molar refractivity (Wildman–Crippen MR) is 112 cm³/mol. The maximum atomic E-state index is 12.7. The van der Waals surface area contributed by atoms with Gasteiger partial charge in [-0.05, 0) is 31.0 Å². The standard InChI is InChI=1S/C19H17ClN6O4/c20-12-3-4-17(21-8-12)24-18(27)11-2-1-5-25(9-11)15-7-14-13(6-16(15)26(29)30)19(28)23-10-22-14/h3-4,6-8,10-11H,1-2,5,9H2,(H,21,24,27)(H,22,23,28). The van der Waals surface area contributed by atoms with E-state index in [1.165, 1.54) is 24.7 Å². The van der Waals surface area contributed by atoms with Crippen LogP contribution in [0.15, 0.2) is 41.6 Å². The van der Waals surface area contributed by atoms with E-state index < -0.39 is 10.5 Å². The lowest BCUT2D eigenvalue weighted by Gasteiger charge is -2.33. The number of nitrogens with one attached hydrogen (secondary N) is 2. The smallest absolute Gasteiger partial charge is 0.293 e. The molecule has 1 aliphatic rings. The molecule has 1 aliphatic heterocycles. The van der Waals surface area contributed by atoms with Crippen LogP contribution in [-0.4, -0.2) is 38.9 Å². The maximum absolute atomic E-state index is 12.7. The Hall–Kier alpha value is -3.53. The number of aromatic nitrogens is 3. The predicted octanol–water partition coefficient (Wildman–Crippen LogP) is 2.73. The number of benzene rings is 1. The number of anilines is 2.